The maximum Gasteiger partial charge on any atom is 0.216 e. The molecule has 3 nitrogen and oxygen atoms in total. The SMILES string of the molecule is CC1(C(=O)C2=CCCCO2)CCCCN1. The van der Waals surface area contributed by atoms with E-state index in [1.807, 2.05) is 13.0 Å². The van der Waals surface area contributed by atoms with Crippen molar-refractivity contribution in [3.63, 3.8) is 0 Å². The first kappa shape index (κ1) is 10.7. The van der Waals surface area contributed by atoms with Crippen LogP contribution in [-0.4, -0.2) is 24.5 Å². The summed E-state index contributed by atoms with van der Waals surface area (Å²) >= 11 is 0. The van der Waals surface area contributed by atoms with E-state index in [2.05, 4.69) is 5.32 Å². The zero-order valence-corrected chi connectivity index (χ0v) is 9.34. The largest absolute Gasteiger partial charge is 0.490 e. The fraction of sp³-hybridized carbons (Fsp3) is 0.750. The lowest BCUT2D eigenvalue weighted by atomic mass is 9.85. The molecule has 1 saturated heterocycles. The maximum absolute atomic E-state index is 12.2. The molecule has 0 aromatic heterocycles. The van der Waals surface area contributed by atoms with Crippen molar-refractivity contribution in [2.75, 3.05) is 13.2 Å². The van der Waals surface area contributed by atoms with Crippen LogP contribution in [-0.2, 0) is 9.53 Å². The second kappa shape index (κ2) is 4.35. The summed E-state index contributed by atoms with van der Waals surface area (Å²) in [5, 5.41) is 3.32. The molecule has 2 heterocycles. The Morgan fingerprint density at radius 3 is 2.93 bits per heavy atom. The molecule has 2 aliphatic rings. The number of piperidine rings is 1. The number of Topliss-reactive ketones (excluding diaryl/α,β-unsaturated/α-hetero) is 1. The van der Waals surface area contributed by atoms with E-state index in [-0.39, 0.29) is 11.3 Å². The topological polar surface area (TPSA) is 38.3 Å². The molecule has 0 aromatic carbocycles. The van der Waals surface area contributed by atoms with Crippen molar-refractivity contribution in [1.29, 1.82) is 0 Å². The van der Waals surface area contributed by atoms with E-state index in [4.69, 9.17) is 4.74 Å². The molecule has 2 rings (SSSR count). The van der Waals surface area contributed by atoms with Gasteiger partial charge in [0.1, 0.15) is 0 Å². The van der Waals surface area contributed by atoms with Gasteiger partial charge < -0.3 is 10.1 Å². The van der Waals surface area contributed by atoms with Crippen molar-refractivity contribution in [3.8, 4) is 0 Å². The lowest BCUT2D eigenvalue weighted by Gasteiger charge is -2.34. The highest BCUT2D eigenvalue weighted by Gasteiger charge is 2.37. The number of nitrogens with one attached hydrogen (secondary N) is 1. The molecule has 0 aromatic rings. The summed E-state index contributed by atoms with van der Waals surface area (Å²) in [4.78, 5) is 12.2. The van der Waals surface area contributed by atoms with Gasteiger partial charge in [0.2, 0.25) is 5.78 Å². The molecule has 2 aliphatic heterocycles. The zero-order valence-electron chi connectivity index (χ0n) is 9.34. The molecule has 0 spiro atoms. The van der Waals surface area contributed by atoms with E-state index in [0.717, 1.165) is 32.2 Å². The second-order valence-corrected chi connectivity index (χ2v) is 4.60. The highest BCUT2D eigenvalue weighted by molar-refractivity contribution is 6.00. The standard InChI is InChI=1S/C12H19NO2/c1-12(7-3-4-8-13-12)11(14)10-6-2-5-9-15-10/h6,13H,2-5,7-9H2,1H3. The summed E-state index contributed by atoms with van der Waals surface area (Å²) < 4.78 is 5.43. The number of hydrogen-bond acceptors (Lipinski definition) is 3. The molecule has 1 atom stereocenters. The van der Waals surface area contributed by atoms with E-state index in [0.29, 0.717) is 12.4 Å². The van der Waals surface area contributed by atoms with Crippen molar-refractivity contribution in [3.05, 3.63) is 11.8 Å². The molecular formula is C12H19NO2. The zero-order chi connectivity index (χ0) is 10.7. The van der Waals surface area contributed by atoms with Gasteiger partial charge in [0, 0.05) is 0 Å². The van der Waals surface area contributed by atoms with Gasteiger partial charge in [0.15, 0.2) is 5.76 Å². The number of rotatable bonds is 2. The van der Waals surface area contributed by atoms with Crippen LogP contribution >= 0.6 is 0 Å². The summed E-state index contributed by atoms with van der Waals surface area (Å²) in [5.41, 5.74) is -0.387. The van der Waals surface area contributed by atoms with E-state index in [1.165, 1.54) is 6.42 Å². The Balaban J connectivity index is 2.08. The van der Waals surface area contributed by atoms with Crippen LogP contribution in [0.3, 0.4) is 0 Å². The highest BCUT2D eigenvalue weighted by atomic mass is 16.5. The number of ketones is 1. The predicted octanol–water partition coefficient (Wildman–Crippen LogP) is 1.78. The molecule has 1 unspecified atom stereocenters. The van der Waals surface area contributed by atoms with E-state index < -0.39 is 0 Å². The Kier molecular flexibility index (Phi) is 3.10. The first-order valence-electron chi connectivity index (χ1n) is 5.85. The average Bonchev–Trinajstić information content (AvgIpc) is 2.30. The lowest BCUT2D eigenvalue weighted by molar-refractivity contribution is -0.125. The Bertz CT molecular complexity index is 277. The Morgan fingerprint density at radius 2 is 2.33 bits per heavy atom. The van der Waals surface area contributed by atoms with Gasteiger partial charge in [-0.15, -0.1) is 0 Å². The van der Waals surface area contributed by atoms with Crippen molar-refractivity contribution in [2.24, 2.45) is 0 Å². The molecule has 0 saturated carbocycles. The minimum Gasteiger partial charge on any atom is -0.490 e. The molecule has 84 valence electrons. The van der Waals surface area contributed by atoms with Crippen molar-refractivity contribution in [2.45, 2.75) is 44.6 Å². The van der Waals surface area contributed by atoms with Gasteiger partial charge in [-0.1, -0.05) is 0 Å². The van der Waals surface area contributed by atoms with Crippen LogP contribution < -0.4 is 5.32 Å². The van der Waals surface area contributed by atoms with E-state index in [9.17, 15) is 4.79 Å². The molecule has 0 amide bonds. The Hall–Kier alpha value is -0.830. The second-order valence-electron chi connectivity index (χ2n) is 4.60. The number of allylic oxidation sites excluding steroid dienone is 1. The van der Waals surface area contributed by atoms with Crippen LogP contribution in [0.5, 0.6) is 0 Å². The fourth-order valence-electron chi connectivity index (χ4n) is 2.24. The number of hydrogen-bond donors (Lipinski definition) is 1. The van der Waals surface area contributed by atoms with Gasteiger partial charge in [0.25, 0.3) is 0 Å². The third-order valence-corrected chi connectivity index (χ3v) is 3.28. The summed E-state index contributed by atoms with van der Waals surface area (Å²) in [5.74, 6) is 0.722. The molecule has 1 N–H and O–H groups in total. The molecule has 15 heavy (non-hydrogen) atoms. The van der Waals surface area contributed by atoms with Crippen LogP contribution in [0.1, 0.15) is 39.0 Å². The van der Waals surface area contributed by atoms with Crippen LogP contribution in [0, 0.1) is 0 Å². The van der Waals surface area contributed by atoms with E-state index >= 15 is 0 Å². The van der Waals surface area contributed by atoms with Gasteiger partial charge in [-0.05, 0) is 51.6 Å². The van der Waals surface area contributed by atoms with Crippen LogP contribution in [0.15, 0.2) is 11.8 Å². The molecule has 0 radical (unpaired) electrons. The average molecular weight is 209 g/mol. The van der Waals surface area contributed by atoms with Crippen molar-refractivity contribution in [1.82, 2.24) is 5.32 Å². The van der Waals surface area contributed by atoms with E-state index in [1.54, 1.807) is 0 Å². The quantitative estimate of drug-likeness (QED) is 0.753. The molecule has 0 bridgehead atoms. The molecule has 3 heteroatoms. The van der Waals surface area contributed by atoms with Crippen molar-refractivity contribution >= 4 is 5.78 Å². The Labute approximate surface area is 90.9 Å². The maximum atomic E-state index is 12.2. The number of carbonyl (C=O) groups excluding carboxylic acids is 1. The first-order valence-corrected chi connectivity index (χ1v) is 5.85. The third-order valence-electron chi connectivity index (χ3n) is 3.28. The third kappa shape index (κ3) is 2.23. The van der Waals surface area contributed by atoms with Gasteiger partial charge in [-0.3, -0.25) is 4.79 Å². The molecular weight excluding hydrogens is 190 g/mol. The molecule has 1 fully saturated rings. The van der Waals surface area contributed by atoms with Crippen molar-refractivity contribution < 1.29 is 9.53 Å². The van der Waals surface area contributed by atoms with Gasteiger partial charge in [0.05, 0.1) is 12.1 Å². The molecule has 0 aliphatic carbocycles. The predicted molar refractivity (Wildman–Crippen MR) is 58.5 cm³/mol. The summed E-state index contributed by atoms with van der Waals surface area (Å²) in [7, 11) is 0. The van der Waals surface area contributed by atoms with Gasteiger partial charge >= 0.3 is 0 Å². The normalized spacial score (nSPS) is 31.7. The summed E-state index contributed by atoms with van der Waals surface area (Å²) in [6, 6.07) is 0. The van der Waals surface area contributed by atoms with Crippen LogP contribution in [0.2, 0.25) is 0 Å². The minimum atomic E-state index is -0.387. The fourth-order valence-corrected chi connectivity index (χ4v) is 2.24. The smallest absolute Gasteiger partial charge is 0.216 e. The number of carbonyl (C=O) groups is 1. The van der Waals surface area contributed by atoms with Crippen LogP contribution in [0.25, 0.3) is 0 Å². The van der Waals surface area contributed by atoms with Gasteiger partial charge in [-0.2, -0.15) is 0 Å². The highest BCUT2D eigenvalue weighted by Crippen LogP contribution is 2.25. The first-order chi connectivity index (χ1) is 7.22. The number of ether oxygens (including phenoxy) is 1. The summed E-state index contributed by atoms with van der Waals surface area (Å²) in [6.45, 7) is 3.62. The monoisotopic (exact) mass is 209 g/mol. The summed E-state index contributed by atoms with van der Waals surface area (Å²) in [6.07, 6.45) is 7.16. The lowest BCUT2D eigenvalue weighted by Crippen LogP contribution is -2.53. The van der Waals surface area contributed by atoms with Crippen LogP contribution in [0.4, 0.5) is 0 Å². The van der Waals surface area contributed by atoms with Gasteiger partial charge in [-0.25, -0.2) is 0 Å². The minimum absolute atomic E-state index is 0.141. The Morgan fingerprint density at radius 1 is 1.47 bits per heavy atom.